The van der Waals surface area contributed by atoms with E-state index >= 15 is 0 Å². The second kappa shape index (κ2) is 10.5. The monoisotopic (exact) mass is 488 g/mol. The van der Waals surface area contributed by atoms with Crippen molar-refractivity contribution in [2.24, 2.45) is 0 Å². The number of ether oxygens (including phenoxy) is 2. The lowest BCUT2D eigenvalue weighted by Gasteiger charge is -2.14. The van der Waals surface area contributed by atoms with Gasteiger partial charge in [0.2, 0.25) is 10.0 Å². The van der Waals surface area contributed by atoms with Gasteiger partial charge in [0.15, 0.2) is 6.10 Å². The van der Waals surface area contributed by atoms with E-state index in [0.29, 0.717) is 17.2 Å². The van der Waals surface area contributed by atoms with Crippen molar-refractivity contribution in [1.82, 2.24) is 4.72 Å². The van der Waals surface area contributed by atoms with Crippen LogP contribution in [0.2, 0.25) is 5.02 Å². The Morgan fingerprint density at radius 1 is 0.939 bits per heavy atom. The predicted molar refractivity (Wildman–Crippen MR) is 124 cm³/mol. The quantitative estimate of drug-likeness (QED) is 0.459. The number of carbonyl (C=O) groups is 2. The topological polar surface area (TPSA) is 111 Å². The van der Waals surface area contributed by atoms with Crippen molar-refractivity contribution >= 4 is 39.2 Å². The van der Waals surface area contributed by atoms with Gasteiger partial charge in [0.05, 0.1) is 10.6 Å². The first-order valence-corrected chi connectivity index (χ1v) is 11.6. The van der Waals surface area contributed by atoms with Gasteiger partial charge in [-0.1, -0.05) is 29.8 Å². The summed E-state index contributed by atoms with van der Waals surface area (Å²) in [5, 5.41) is 2.60. The number of esters is 1. The van der Waals surface area contributed by atoms with E-state index in [0.717, 1.165) is 6.07 Å². The van der Waals surface area contributed by atoms with Gasteiger partial charge in [0, 0.05) is 5.69 Å². The number of sulfonamides is 1. The highest BCUT2D eigenvalue weighted by molar-refractivity contribution is 7.89. The lowest BCUT2D eigenvalue weighted by Crippen LogP contribution is -2.30. The lowest BCUT2D eigenvalue weighted by molar-refractivity contribution is -0.123. The zero-order valence-corrected chi connectivity index (χ0v) is 19.3. The van der Waals surface area contributed by atoms with Crippen molar-refractivity contribution < 1.29 is 27.5 Å². The smallest absolute Gasteiger partial charge is 0.338 e. The van der Waals surface area contributed by atoms with Crippen molar-refractivity contribution in [3.63, 3.8) is 0 Å². The van der Waals surface area contributed by atoms with E-state index < -0.39 is 28.0 Å². The molecule has 0 heterocycles. The molecule has 0 saturated carbocycles. The second-order valence-electron chi connectivity index (χ2n) is 6.83. The molecule has 0 bridgehead atoms. The van der Waals surface area contributed by atoms with Crippen LogP contribution in [0.1, 0.15) is 17.3 Å². The van der Waals surface area contributed by atoms with Crippen LogP contribution in [0, 0.1) is 0 Å². The molecule has 0 aromatic heterocycles. The number of nitrogens with one attached hydrogen (secondary N) is 2. The SMILES string of the molecule is CNS(=O)(=O)c1cc(C(=O)OC(C)C(=O)Nc2ccc(Oc3ccccc3)cc2)ccc1Cl. The molecule has 3 rings (SSSR count). The van der Waals surface area contributed by atoms with Gasteiger partial charge in [-0.05, 0) is 68.6 Å². The number of rotatable bonds is 8. The minimum Gasteiger partial charge on any atom is -0.457 e. The Morgan fingerprint density at radius 3 is 2.21 bits per heavy atom. The molecule has 33 heavy (non-hydrogen) atoms. The van der Waals surface area contributed by atoms with Crippen LogP contribution in [0.4, 0.5) is 5.69 Å². The fraction of sp³-hybridized carbons (Fsp3) is 0.130. The van der Waals surface area contributed by atoms with Crippen molar-refractivity contribution in [2.75, 3.05) is 12.4 Å². The molecule has 3 aromatic carbocycles. The van der Waals surface area contributed by atoms with Gasteiger partial charge in [0.1, 0.15) is 16.4 Å². The summed E-state index contributed by atoms with van der Waals surface area (Å²) in [5.41, 5.74) is 0.424. The number of para-hydroxylation sites is 1. The van der Waals surface area contributed by atoms with E-state index in [1.54, 1.807) is 24.3 Å². The molecule has 0 saturated heterocycles. The van der Waals surface area contributed by atoms with Gasteiger partial charge in [-0.2, -0.15) is 0 Å². The van der Waals surface area contributed by atoms with Gasteiger partial charge in [0.25, 0.3) is 5.91 Å². The van der Waals surface area contributed by atoms with Gasteiger partial charge in [-0.25, -0.2) is 17.9 Å². The Labute approximate surface area is 196 Å². The number of benzene rings is 3. The molecule has 0 aliphatic carbocycles. The molecule has 0 aliphatic heterocycles. The minimum atomic E-state index is -3.87. The molecular formula is C23H21ClN2O6S. The number of hydrogen-bond acceptors (Lipinski definition) is 6. The summed E-state index contributed by atoms with van der Waals surface area (Å²) in [5.74, 6) is -0.151. The molecule has 10 heteroatoms. The Balaban J connectivity index is 1.61. The molecule has 0 aliphatic rings. The highest BCUT2D eigenvalue weighted by Gasteiger charge is 2.22. The molecule has 2 N–H and O–H groups in total. The standard InChI is InChI=1S/C23H21ClN2O6S/c1-15(31-23(28)16-8-13-20(24)21(14-16)33(29,30)25-2)22(27)26-17-9-11-19(12-10-17)32-18-6-4-3-5-7-18/h3-15,25H,1-2H3,(H,26,27). The number of hydrogen-bond donors (Lipinski definition) is 2. The fourth-order valence-corrected chi connectivity index (χ4v) is 3.95. The van der Waals surface area contributed by atoms with Gasteiger partial charge in [-0.15, -0.1) is 0 Å². The predicted octanol–water partition coefficient (Wildman–Crippen LogP) is 4.22. The van der Waals surface area contributed by atoms with E-state index in [9.17, 15) is 18.0 Å². The van der Waals surface area contributed by atoms with Crippen LogP contribution in [0.15, 0.2) is 77.7 Å². The average Bonchev–Trinajstić information content (AvgIpc) is 2.81. The van der Waals surface area contributed by atoms with Crippen LogP contribution < -0.4 is 14.8 Å². The summed E-state index contributed by atoms with van der Waals surface area (Å²) in [7, 11) is -2.65. The largest absolute Gasteiger partial charge is 0.457 e. The second-order valence-corrected chi connectivity index (χ2v) is 9.09. The molecule has 0 radical (unpaired) electrons. The highest BCUT2D eigenvalue weighted by Crippen LogP contribution is 2.24. The first-order chi connectivity index (χ1) is 15.7. The van der Waals surface area contributed by atoms with Crippen molar-refractivity contribution in [2.45, 2.75) is 17.9 Å². The van der Waals surface area contributed by atoms with Crippen molar-refractivity contribution in [3.8, 4) is 11.5 Å². The average molecular weight is 489 g/mol. The fourth-order valence-electron chi connectivity index (χ4n) is 2.70. The van der Waals surface area contributed by atoms with E-state index in [2.05, 4.69) is 10.0 Å². The van der Waals surface area contributed by atoms with Crippen LogP contribution in [-0.2, 0) is 19.6 Å². The maximum Gasteiger partial charge on any atom is 0.338 e. The summed E-state index contributed by atoms with van der Waals surface area (Å²) >= 11 is 5.92. The summed E-state index contributed by atoms with van der Waals surface area (Å²) < 4.78 is 37.1. The summed E-state index contributed by atoms with van der Waals surface area (Å²) in [4.78, 5) is 24.6. The lowest BCUT2D eigenvalue weighted by atomic mass is 10.2. The third kappa shape index (κ3) is 6.32. The van der Waals surface area contributed by atoms with E-state index in [4.69, 9.17) is 21.1 Å². The highest BCUT2D eigenvalue weighted by atomic mass is 35.5. The van der Waals surface area contributed by atoms with Gasteiger partial charge in [-0.3, -0.25) is 4.79 Å². The molecular weight excluding hydrogens is 468 g/mol. The third-order valence-electron chi connectivity index (χ3n) is 4.48. The molecule has 3 aromatic rings. The third-order valence-corrected chi connectivity index (χ3v) is 6.37. The van der Waals surface area contributed by atoms with Crippen molar-refractivity contribution in [1.29, 1.82) is 0 Å². The van der Waals surface area contributed by atoms with E-state index in [1.807, 2.05) is 30.3 Å². The Kier molecular flexibility index (Phi) is 7.70. The number of carbonyl (C=O) groups excluding carboxylic acids is 2. The number of halogens is 1. The van der Waals surface area contributed by atoms with Gasteiger partial charge < -0.3 is 14.8 Å². The first kappa shape index (κ1) is 24.2. The van der Waals surface area contributed by atoms with Crippen LogP contribution in [0.3, 0.4) is 0 Å². The normalized spacial score (nSPS) is 12.0. The molecule has 0 spiro atoms. The zero-order chi connectivity index (χ0) is 24.0. The molecule has 1 amide bonds. The van der Waals surface area contributed by atoms with E-state index in [-0.39, 0.29) is 15.5 Å². The number of amides is 1. The first-order valence-electron chi connectivity index (χ1n) is 9.77. The Bertz CT molecular complexity index is 1250. The molecule has 0 fully saturated rings. The minimum absolute atomic E-state index is 0.0496. The summed E-state index contributed by atoms with van der Waals surface area (Å²) in [6.45, 7) is 1.40. The van der Waals surface area contributed by atoms with Crippen LogP contribution in [0.5, 0.6) is 11.5 Å². The maximum absolute atomic E-state index is 12.4. The van der Waals surface area contributed by atoms with Crippen LogP contribution >= 0.6 is 11.6 Å². The molecule has 1 atom stereocenters. The summed E-state index contributed by atoms with van der Waals surface area (Å²) in [6, 6.07) is 19.6. The maximum atomic E-state index is 12.4. The van der Waals surface area contributed by atoms with Crippen LogP contribution in [0.25, 0.3) is 0 Å². The zero-order valence-electron chi connectivity index (χ0n) is 17.7. The molecule has 8 nitrogen and oxygen atoms in total. The van der Waals surface area contributed by atoms with E-state index in [1.165, 1.54) is 26.1 Å². The Morgan fingerprint density at radius 2 is 1.58 bits per heavy atom. The van der Waals surface area contributed by atoms with Gasteiger partial charge >= 0.3 is 5.97 Å². The number of anilines is 1. The Hall–Kier alpha value is -3.40. The van der Waals surface area contributed by atoms with Crippen molar-refractivity contribution in [3.05, 3.63) is 83.4 Å². The van der Waals surface area contributed by atoms with Crippen LogP contribution in [-0.4, -0.2) is 33.4 Å². The molecule has 1 unspecified atom stereocenters. The summed E-state index contributed by atoms with van der Waals surface area (Å²) in [6.07, 6.45) is -1.14. The molecule has 172 valence electrons.